The van der Waals surface area contributed by atoms with E-state index in [1.807, 2.05) is 18.3 Å². The molecule has 0 aliphatic rings. The van der Waals surface area contributed by atoms with Crippen molar-refractivity contribution in [3.63, 3.8) is 0 Å². The van der Waals surface area contributed by atoms with Gasteiger partial charge in [0.25, 0.3) is 0 Å². The van der Waals surface area contributed by atoms with Crippen molar-refractivity contribution in [2.45, 2.75) is 46.1 Å². The molecule has 0 radical (unpaired) electrons. The molecule has 2 heterocycles. The summed E-state index contributed by atoms with van der Waals surface area (Å²) < 4.78 is 2.12. The van der Waals surface area contributed by atoms with Gasteiger partial charge in [-0.15, -0.1) is 0 Å². The largest absolute Gasteiger partial charge is 0.392 e. The monoisotopic (exact) mass is 308 g/mol. The maximum Gasteiger partial charge on any atom is 0.138 e. The minimum atomic E-state index is 0.0421. The summed E-state index contributed by atoms with van der Waals surface area (Å²) in [6.45, 7) is 8.86. The first kappa shape index (κ1) is 15.8. The van der Waals surface area contributed by atoms with Gasteiger partial charge in [0.05, 0.1) is 18.0 Å². The third-order valence-corrected chi connectivity index (χ3v) is 4.33. The highest BCUT2D eigenvalue weighted by molar-refractivity contribution is 5.67. The zero-order valence-corrected chi connectivity index (χ0v) is 14.3. The lowest BCUT2D eigenvalue weighted by Crippen LogP contribution is -2.10. The number of aliphatic hydroxyl groups excluding tert-OH is 1. The van der Waals surface area contributed by atoms with Gasteiger partial charge in [0, 0.05) is 11.8 Å². The zero-order valence-electron chi connectivity index (χ0n) is 14.3. The van der Waals surface area contributed by atoms with Crippen molar-refractivity contribution in [2.75, 3.05) is 0 Å². The number of hydrogen-bond donors (Lipinski definition) is 1. The minimum absolute atomic E-state index is 0.0421. The smallest absolute Gasteiger partial charge is 0.138 e. The minimum Gasteiger partial charge on any atom is -0.392 e. The molecule has 3 nitrogen and oxygen atoms in total. The van der Waals surface area contributed by atoms with Crippen LogP contribution in [0.2, 0.25) is 0 Å². The Balaban J connectivity index is 2.11. The van der Waals surface area contributed by atoms with E-state index in [1.165, 1.54) is 11.3 Å². The van der Waals surface area contributed by atoms with Crippen LogP contribution in [0.15, 0.2) is 42.6 Å². The number of hydrogen-bond acceptors (Lipinski definition) is 2. The van der Waals surface area contributed by atoms with E-state index in [1.54, 1.807) is 0 Å². The predicted octanol–water partition coefficient (Wildman–Crippen LogP) is 4.35. The Kier molecular flexibility index (Phi) is 3.99. The van der Waals surface area contributed by atoms with Crippen molar-refractivity contribution >= 4 is 5.65 Å². The number of nitrogens with zero attached hydrogens (tertiary/aromatic N) is 2. The van der Waals surface area contributed by atoms with Gasteiger partial charge in [0.15, 0.2) is 0 Å². The van der Waals surface area contributed by atoms with Crippen molar-refractivity contribution < 1.29 is 5.11 Å². The van der Waals surface area contributed by atoms with Crippen LogP contribution < -0.4 is 0 Å². The second kappa shape index (κ2) is 5.82. The molecule has 0 amide bonds. The van der Waals surface area contributed by atoms with Crippen LogP contribution in [0.4, 0.5) is 0 Å². The molecule has 120 valence electrons. The van der Waals surface area contributed by atoms with E-state index < -0.39 is 0 Å². The highest BCUT2D eigenvalue weighted by Crippen LogP contribution is 2.28. The summed E-state index contributed by atoms with van der Waals surface area (Å²) in [5.74, 6) is 0. The Morgan fingerprint density at radius 2 is 1.78 bits per heavy atom. The Bertz CT molecular complexity index is 823. The molecular weight excluding hydrogens is 284 g/mol. The van der Waals surface area contributed by atoms with Crippen molar-refractivity contribution in [3.05, 3.63) is 59.4 Å². The van der Waals surface area contributed by atoms with Gasteiger partial charge in [-0.2, -0.15) is 0 Å². The lowest BCUT2D eigenvalue weighted by molar-refractivity contribution is 0.282. The van der Waals surface area contributed by atoms with Crippen LogP contribution in [0.1, 0.15) is 44.5 Å². The summed E-state index contributed by atoms with van der Waals surface area (Å²) in [4.78, 5) is 4.81. The molecule has 0 spiro atoms. The Morgan fingerprint density at radius 3 is 2.35 bits per heavy atom. The average molecular weight is 308 g/mol. The normalized spacial score (nSPS) is 12.0. The number of imidazole rings is 1. The first-order valence-electron chi connectivity index (χ1n) is 8.15. The fourth-order valence-electron chi connectivity index (χ4n) is 2.93. The molecule has 0 unspecified atom stereocenters. The lowest BCUT2D eigenvalue weighted by atomic mass is 9.86. The van der Waals surface area contributed by atoms with Crippen LogP contribution >= 0.6 is 0 Å². The SMILES string of the molecule is CCc1c(-c2ccc(C(C)(C)C)cc2)nc2cc(CO)ccn12. The van der Waals surface area contributed by atoms with E-state index in [0.717, 1.165) is 28.9 Å². The molecular formula is C20H24N2O. The number of fused-ring (bicyclic) bond motifs is 1. The maximum absolute atomic E-state index is 9.32. The summed E-state index contributed by atoms with van der Waals surface area (Å²) >= 11 is 0. The van der Waals surface area contributed by atoms with E-state index >= 15 is 0 Å². The van der Waals surface area contributed by atoms with Crippen LogP contribution in [0.25, 0.3) is 16.9 Å². The molecule has 23 heavy (non-hydrogen) atoms. The van der Waals surface area contributed by atoms with Crippen LogP contribution in [-0.4, -0.2) is 14.5 Å². The number of rotatable bonds is 3. The zero-order chi connectivity index (χ0) is 16.6. The van der Waals surface area contributed by atoms with E-state index in [0.29, 0.717) is 0 Å². The number of aryl methyl sites for hydroxylation is 1. The fraction of sp³-hybridized carbons (Fsp3) is 0.350. The number of aliphatic hydroxyl groups is 1. The van der Waals surface area contributed by atoms with Crippen molar-refractivity contribution in [1.29, 1.82) is 0 Å². The molecule has 0 aliphatic carbocycles. The summed E-state index contributed by atoms with van der Waals surface area (Å²) in [7, 11) is 0. The summed E-state index contributed by atoms with van der Waals surface area (Å²) in [5.41, 5.74) is 6.63. The Morgan fingerprint density at radius 1 is 1.09 bits per heavy atom. The molecule has 1 aromatic carbocycles. The van der Waals surface area contributed by atoms with Gasteiger partial charge < -0.3 is 9.51 Å². The third-order valence-electron chi connectivity index (χ3n) is 4.33. The van der Waals surface area contributed by atoms with Gasteiger partial charge in [0.1, 0.15) is 5.65 Å². The number of aromatic nitrogens is 2. The average Bonchev–Trinajstić information content (AvgIpc) is 2.91. The quantitative estimate of drug-likeness (QED) is 0.781. The number of benzene rings is 1. The molecule has 3 aromatic rings. The molecule has 3 heteroatoms. The Hall–Kier alpha value is -2.13. The molecule has 0 atom stereocenters. The molecule has 0 bridgehead atoms. The van der Waals surface area contributed by atoms with Gasteiger partial charge in [-0.1, -0.05) is 52.0 Å². The van der Waals surface area contributed by atoms with Gasteiger partial charge in [-0.3, -0.25) is 0 Å². The molecule has 0 saturated heterocycles. The highest BCUT2D eigenvalue weighted by atomic mass is 16.3. The maximum atomic E-state index is 9.32. The van der Waals surface area contributed by atoms with Gasteiger partial charge in [-0.25, -0.2) is 4.98 Å². The highest BCUT2D eigenvalue weighted by Gasteiger charge is 2.16. The van der Waals surface area contributed by atoms with Crippen molar-refractivity contribution in [3.8, 4) is 11.3 Å². The first-order valence-corrected chi connectivity index (χ1v) is 8.15. The molecule has 3 rings (SSSR count). The second-order valence-electron chi connectivity index (χ2n) is 7.01. The van der Waals surface area contributed by atoms with Crippen LogP contribution in [0, 0.1) is 0 Å². The van der Waals surface area contributed by atoms with Gasteiger partial charge >= 0.3 is 0 Å². The van der Waals surface area contributed by atoms with Crippen molar-refractivity contribution in [1.82, 2.24) is 9.38 Å². The summed E-state index contributed by atoms with van der Waals surface area (Å²) in [6.07, 6.45) is 2.91. The van der Waals surface area contributed by atoms with Crippen LogP contribution in [0.5, 0.6) is 0 Å². The van der Waals surface area contributed by atoms with E-state index in [9.17, 15) is 5.11 Å². The predicted molar refractivity (Wildman–Crippen MR) is 94.6 cm³/mol. The molecule has 2 aromatic heterocycles. The molecule has 0 aliphatic heterocycles. The topological polar surface area (TPSA) is 37.5 Å². The van der Waals surface area contributed by atoms with Crippen molar-refractivity contribution in [2.24, 2.45) is 0 Å². The van der Waals surface area contributed by atoms with Gasteiger partial charge in [-0.05, 0) is 35.1 Å². The molecule has 0 fully saturated rings. The fourth-order valence-corrected chi connectivity index (χ4v) is 2.93. The van der Waals surface area contributed by atoms with E-state index in [2.05, 4.69) is 56.4 Å². The third kappa shape index (κ3) is 2.89. The summed E-state index contributed by atoms with van der Waals surface area (Å²) in [5, 5.41) is 9.32. The lowest BCUT2D eigenvalue weighted by Gasteiger charge is -2.19. The first-order chi connectivity index (χ1) is 10.9. The summed E-state index contributed by atoms with van der Waals surface area (Å²) in [6, 6.07) is 12.6. The second-order valence-corrected chi connectivity index (χ2v) is 7.01. The molecule has 0 saturated carbocycles. The van der Waals surface area contributed by atoms with Gasteiger partial charge in [0.2, 0.25) is 0 Å². The van der Waals surface area contributed by atoms with E-state index in [4.69, 9.17) is 4.98 Å². The van der Waals surface area contributed by atoms with Crippen LogP contribution in [-0.2, 0) is 18.4 Å². The standard InChI is InChI=1S/C20H24N2O/c1-5-17-19(15-6-8-16(9-7-15)20(2,3)4)21-18-12-14(13-23)10-11-22(17)18/h6-12,23H,5,13H2,1-4H3. The Labute approximate surface area is 137 Å². The molecule has 1 N–H and O–H groups in total. The van der Waals surface area contributed by atoms with Crippen LogP contribution in [0.3, 0.4) is 0 Å². The number of pyridine rings is 1. The van der Waals surface area contributed by atoms with E-state index in [-0.39, 0.29) is 12.0 Å².